The molecule has 0 saturated heterocycles. The summed E-state index contributed by atoms with van der Waals surface area (Å²) in [6.07, 6.45) is 5.43. The minimum atomic E-state index is -0.516. The Balaban J connectivity index is 1.59. The highest BCUT2D eigenvalue weighted by atomic mass is 19.1. The van der Waals surface area contributed by atoms with Crippen molar-refractivity contribution in [3.63, 3.8) is 0 Å². The maximum absolute atomic E-state index is 13.6. The van der Waals surface area contributed by atoms with Gasteiger partial charge in [0.15, 0.2) is 6.61 Å². The summed E-state index contributed by atoms with van der Waals surface area (Å²) in [6.45, 7) is -0.317. The first-order chi connectivity index (χ1) is 13.1. The fourth-order valence-electron chi connectivity index (χ4n) is 3.18. The van der Waals surface area contributed by atoms with E-state index < -0.39 is 11.7 Å². The zero-order valence-corrected chi connectivity index (χ0v) is 15.0. The van der Waals surface area contributed by atoms with Crippen LogP contribution in [0.4, 0.5) is 10.1 Å². The molecule has 1 aliphatic carbocycles. The van der Waals surface area contributed by atoms with Gasteiger partial charge in [-0.15, -0.1) is 0 Å². The summed E-state index contributed by atoms with van der Waals surface area (Å²) in [5.74, 6) is -0.887. The van der Waals surface area contributed by atoms with Crippen LogP contribution in [-0.4, -0.2) is 24.5 Å². The Hall–Kier alpha value is -2.89. The first-order valence-corrected chi connectivity index (χ1v) is 9.20. The first-order valence-electron chi connectivity index (χ1n) is 9.20. The van der Waals surface area contributed by atoms with E-state index in [0.29, 0.717) is 11.3 Å². The fourth-order valence-corrected chi connectivity index (χ4v) is 3.18. The number of ether oxygens (including phenoxy) is 1. The molecule has 27 heavy (non-hydrogen) atoms. The predicted octanol–water partition coefficient (Wildman–Crippen LogP) is 3.91. The van der Waals surface area contributed by atoms with E-state index in [-0.39, 0.29) is 24.2 Å². The lowest BCUT2D eigenvalue weighted by Gasteiger charge is -2.23. The van der Waals surface area contributed by atoms with Crippen LogP contribution in [0.3, 0.4) is 0 Å². The highest BCUT2D eigenvalue weighted by molar-refractivity contribution is 5.97. The summed E-state index contributed by atoms with van der Waals surface area (Å²) in [6, 6.07) is 12.9. The van der Waals surface area contributed by atoms with Crippen LogP contribution in [-0.2, 0) is 4.79 Å². The summed E-state index contributed by atoms with van der Waals surface area (Å²) in [5, 5.41) is 5.50. The molecule has 0 spiro atoms. The zero-order chi connectivity index (χ0) is 19.1. The normalized spacial score (nSPS) is 14.4. The molecule has 6 heteroatoms. The van der Waals surface area contributed by atoms with E-state index in [2.05, 4.69) is 10.6 Å². The second kappa shape index (κ2) is 9.16. The van der Waals surface area contributed by atoms with Crippen LogP contribution < -0.4 is 15.4 Å². The van der Waals surface area contributed by atoms with Crippen molar-refractivity contribution in [3.05, 3.63) is 59.9 Å². The van der Waals surface area contributed by atoms with Crippen LogP contribution in [0.5, 0.6) is 5.75 Å². The van der Waals surface area contributed by atoms with Gasteiger partial charge in [0.1, 0.15) is 11.6 Å². The van der Waals surface area contributed by atoms with Gasteiger partial charge in [0.05, 0.1) is 11.3 Å². The van der Waals surface area contributed by atoms with Gasteiger partial charge >= 0.3 is 0 Å². The molecule has 0 radical (unpaired) electrons. The predicted molar refractivity (Wildman–Crippen MR) is 101 cm³/mol. The largest absolute Gasteiger partial charge is 0.483 e. The van der Waals surface area contributed by atoms with Crippen molar-refractivity contribution in [3.8, 4) is 5.75 Å². The molecule has 3 rings (SSSR count). The summed E-state index contributed by atoms with van der Waals surface area (Å²) in [5.41, 5.74) is 0.483. The smallest absolute Gasteiger partial charge is 0.262 e. The number of carbonyl (C=O) groups excluding carboxylic acids is 2. The summed E-state index contributed by atoms with van der Waals surface area (Å²) >= 11 is 0. The minimum absolute atomic E-state index is 0.0921. The highest BCUT2D eigenvalue weighted by Crippen LogP contribution is 2.21. The number of anilines is 1. The summed E-state index contributed by atoms with van der Waals surface area (Å²) in [4.78, 5) is 24.6. The SMILES string of the molecule is O=C(COc1ccccc1C(=O)NC1CCCCC1)Nc1ccccc1F. The van der Waals surface area contributed by atoms with E-state index in [4.69, 9.17) is 4.74 Å². The van der Waals surface area contributed by atoms with E-state index >= 15 is 0 Å². The average Bonchev–Trinajstić information content (AvgIpc) is 2.69. The molecular weight excluding hydrogens is 347 g/mol. The van der Waals surface area contributed by atoms with Gasteiger partial charge < -0.3 is 15.4 Å². The Bertz CT molecular complexity index is 804. The Morgan fingerprint density at radius 1 is 1.00 bits per heavy atom. The number of hydrogen-bond donors (Lipinski definition) is 2. The van der Waals surface area contributed by atoms with Gasteiger partial charge in [-0.25, -0.2) is 4.39 Å². The molecule has 0 aromatic heterocycles. The fraction of sp³-hybridized carbons (Fsp3) is 0.333. The average molecular weight is 370 g/mol. The van der Waals surface area contributed by atoms with Crippen molar-refractivity contribution in [1.29, 1.82) is 0 Å². The zero-order valence-electron chi connectivity index (χ0n) is 15.0. The molecule has 0 aliphatic heterocycles. The van der Waals surface area contributed by atoms with Gasteiger partial charge in [-0.3, -0.25) is 9.59 Å². The van der Waals surface area contributed by atoms with Crippen LogP contribution in [0.2, 0.25) is 0 Å². The highest BCUT2D eigenvalue weighted by Gasteiger charge is 2.19. The number of hydrogen-bond acceptors (Lipinski definition) is 3. The monoisotopic (exact) mass is 370 g/mol. The number of nitrogens with one attached hydrogen (secondary N) is 2. The Morgan fingerprint density at radius 2 is 1.70 bits per heavy atom. The molecule has 1 aliphatic rings. The van der Waals surface area contributed by atoms with Crippen molar-refractivity contribution < 1.29 is 18.7 Å². The number of benzene rings is 2. The molecule has 2 amide bonds. The summed E-state index contributed by atoms with van der Waals surface area (Å²) in [7, 11) is 0. The number of para-hydroxylation sites is 2. The Labute approximate surface area is 157 Å². The molecule has 0 atom stereocenters. The molecule has 142 valence electrons. The number of carbonyl (C=O) groups is 2. The van der Waals surface area contributed by atoms with Crippen molar-refractivity contribution >= 4 is 17.5 Å². The molecule has 0 bridgehead atoms. The molecular formula is C21H23FN2O3. The Morgan fingerprint density at radius 3 is 2.48 bits per heavy atom. The van der Waals surface area contributed by atoms with Crippen LogP contribution in [0.1, 0.15) is 42.5 Å². The van der Waals surface area contributed by atoms with Gasteiger partial charge in [-0.2, -0.15) is 0 Å². The third kappa shape index (κ3) is 5.29. The lowest BCUT2D eigenvalue weighted by Crippen LogP contribution is -2.36. The maximum Gasteiger partial charge on any atom is 0.262 e. The van der Waals surface area contributed by atoms with E-state index in [1.165, 1.54) is 18.6 Å². The molecule has 0 unspecified atom stereocenters. The minimum Gasteiger partial charge on any atom is -0.483 e. The van der Waals surface area contributed by atoms with Crippen molar-refractivity contribution in [2.24, 2.45) is 0 Å². The molecule has 0 heterocycles. The maximum atomic E-state index is 13.6. The van der Waals surface area contributed by atoms with E-state index in [0.717, 1.165) is 25.7 Å². The molecule has 1 fully saturated rings. The second-order valence-electron chi connectivity index (χ2n) is 6.62. The van der Waals surface area contributed by atoms with Gasteiger partial charge in [0, 0.05) is 6.04 Å². The summed E-state index contributed by atoms with van der Waals surface area (Å²) < 4.78 is 19.1. The van der Waals surface area contributed by atoms with Gasteiger partial charge in [0.2, 0.25) is 0 Å². The first kappa shape index (κ1) is 18.9. The quantitative estimate of drug-likeness (QED) is 0.810. The Kier molecular flexibility index (Phi) is 6.41. The lowest BCUT2D eigenvalue weighted by atomic mass is 9.95. The third-order valence-corrected chi connectivity index (χ3v) is 4.58. The number of amides is 2. The van der Waals surface area contributed by atoms with E-state index in [9.17, 15) is 14.0 Å². The lowest BCUT2D eigenvalue weighted by molar-refractivity contribution is -0.118. The number of rotatable bonds is 6. The molecule has 1 saturated carbocycles. The van der Waals surface area contributed by atoms with E-state index in [1.807, 2.05) is 0 Å². The molecule has 2 aromatic carbocycles. The van der Waals surface area contributed by atoms with Gasteiger partial charge in [-0.1, -0.05) is 43.5 Å². The van der Waals surface area contributed by atoms with Gasteiger partial charge in [0.25, 0.3) is 11.8 Å². The topological polar surface area (TPSA) is 67.4 Å². The van der Waals surface area contributed by atoms with Gasteiger partial charge in [-0.05, 0) is 37.1 Å². The van der Waals surface area contributed by atoms with Crippen molar-refractivity contribution in [2.75, 3.05) is 11.9 Å². The molecule has 2 N–H and O–H groups in total. The molecule has 2 aromatic rings. The van der Waals surface area contributed by atoms with Crippen molar-refractivity contribution in [1.82, 2.24) is 5.32 Å². The standard InChI is InChI=1S/C21H23FN2O3/c22-17-11-5-6-12-18(17)24-20(25)14-27-19-13-7-4-10-16(19)21(26)23-15-8-2-1-3-9-15/h4-7,10-13,15H,1-3,8-9,14H2,(H,23,26)(H,24,25). The molecule has 5 nitrogen and oxygen atoms in total. The van der Waals surface area contributed by atoms with E-state index in [1.54, 1.807) is 36.4 Å². The van der Waals surface area contributed by atoms with Crippen LogP contribution in [0, 0.1) is 5.82 Å². The van der Waals surface area contributed by atoms with Crippen LogP contribution in [0.15, 0.2) is 48.5 Å². The van der Waals surface area contributed by atoms with Crippen molar-refractivity contribution in [2.45, 2.75) is 38.1 Å². The van der Waals surface area contributed by atoms with Crippen LogP contribution in [0.25, 0.3) is 0 Å². The van der Waals surface area contributed by atoms with Crippen LogP contribution >= 0.6 is 0 Å². The third-order valence-electron chi connectivity index (χ3n) is 4.58. The second-order valence-corrected chi connectivity index (χ2v) is 6.62. The number of halogens is 1.